The van der Waals surface area contributed by atoms with Gasteiger partial charge in [-0.2, -0.15) is 0 Å². The highest BCUT2D eigenvalue weighted by Gasteiger charge is 2.60. The average molecular weight is 272 g/mol. The molecule has 0 aromatic heterocycles. The summed E-state index contributed by atoms with van der Waals surface area (Å²) in [5, 5.41) is 11.5. The summed E-state index contributed by atoms with van der Waals surface area (Å²) < 4.78 is 0. The Morgan fingerprint density at radius 3 is 2.80 bits per heavy atom. The van der Waals surface area contributed by atoms with E-state index in [1.54, 1.807) is 11.1 Å². The number of rotatable bonds is 0. The van der Waals surface area contributed by atoms with Crippen molar-refractivity contribution in [3.05, 3.63) is 23.3 Å². The van der Waals surface area contributed by atoms with E-state index in [1.807, 2.05) is 0 Å². The predicted octanol–water partition coefficient (Wildman–Crippen LogP) is 4.76. The molecule has 1 N–H and O–H groups in total. The Morgan fingerprint density at radius 1 is 1.10 bits per heavy atom. The Balaban J connectivity index is 1.81. The molecular weight excluding hydrogens is 244 g/mol. The molecule has 0 heterocycles. The van der Waals surface area contributed by atoms with Gasteiger partial charge in [0.05, 0.1) is 5.60 Å². The third-order valence-electron chi connectivity index (χ3n) is 7.38. The molecule has 0 saturated heterocycles. The van der Waals surface area contributed by atoms with Gasteiger partial charge in [0, 0.05) is 16.7 Å². The van der Waals surface area contributed by atoms with Crippen molar-refractivity contribution in [1.82, 2.24) is 0 Å². The molecule has 0 amide bonds. The van der Waals surface area contributed by atoms with Gasteiger partial charge in [0.2, 0.25) is 0 Å². The zero-order chi connectivity index (χ0) is 14.0. The van der Waals surface area contributed by atoms with Gasteiger partial charge in [0.15, 0.2) is 0 Å². The molecule has 110 valence electrons. The zero-order valence-corrected chi connectivity index (χ0v) is 13.0. The second-order valence-corrected chi connectivity index (χ2v) is 8.25. The van der Waals surface area contributed by atoms with Crippen LogP contribution in [0.25, 0.3) is 0 Å². The Morgan fingerprint density at radius 2 is 1.95 bits per heavy atom. The Labute approximate surface area is 123 Å². The van der Waals surface area contributed by atoms with E-state index in [2.05, 4.69) is 26.0 Å². The van der Waals surface area contributed by atoms with Crippen LogP contribution in [0.3, 0.4) is 0 Å². The van der Waals surface area contributed by atoms with Crippen LogP contribution in [0, 0.1) is 16.7 Å². The van der Waals surface area contributed by atoms with Crippen LogP contribution in [0.15, 0.2) is 23.3 Å². The fourth-order valence-corrected chi connectivity index (χ4v) is 6.00. The van der Waals surface area contributed by atoms with Crippen LogP contribution in [-0.2, 0) is 0 Å². The molecule has 1 nitrogen and oxygen atoms in total. The second kappa shape index (κ2) is 4.00. The molecule has 2 fully saturated rings. The first kappa shape index (κ1) is 13.1. The minimum atomic E-state index is -0.414. The number of allylic oxidation sites excluding steroid dienone is 3. The molecule has 0 aliphatic heterocycles. The van der Waals surface area contributed by atoms with E-state index >= 15 is 0 Å². The quantitative estimate of drug-likeness (QED) is 0.630. The van der Waals surface area contributed by atoms with Crippen LogP contribution in [0.2, 0.25) is 0 Å². The van der Waals surface area contributed by atoms with Crippen molar-refractivity contribution < 1.29 is 5.11 Å². The first-order valence-electron chi connectivity index (χ1n) is 8.62. The molecule has 0 unspecified atom stereocenters. The highest BCUT2D eigenvalue weighted by molar-refractivity contribution is 5.40. The third kappa shape index (κ3) is 1.43. The molecule has 0 radical (unpaired) electrons. The Kier molecular flexibility index (Phi) is 2.63. The lowest BCUT2D eigenvalue weighted by molar-refractivity contribution is -0.104. The van der Waals surface area contributed by atoms with Gasteiger partial charge >= 0.3 is 0 Å². The Bertz CT molecular complexity index is 502. The van der Waals surface area contributed by atoms with Crippen molar-refractivity contribution in [2.24, 2.45) is 16.7 Å². The van der Waals surface area contributed by atoms with Gasteiger partial charge in [-0.3, -0.25) is 0 Å². The van der Waals surface area contributed by atoms with Crippen LogP contribution in [0.5, 0.6) is 0 Å². The van der Waals surface area contributed by atoms with Gasteiger partial charge < -0.3 is 5.11 Å². The van der Waals surface area contributed by atoms with Gasteiger partial charge in [-0.25, -0.2) is 0 Å². The molecule has 4 atom stereocenters. The molecule has 0 bridgehead atoms. The molecule has 0 aromatic rings. The molecule has 20 heavy (non-hydrogen) atoms. The summed E-state index contributed by atoms with van der Waals surface area (Å²) in [7, 11) is 0. The van der Waals surface area contributed by atoms with Crippen LogP contribution < -0.4 is 0 Å². The summed E-state index contributed by atoms with van der Waals surface area (Å²) in [6.45, 7) is 4.79. The van der Waals surface area contributed by atoms with Crippen LogP contribution in [0.1, 0.15) is 71.6 Å². The summed E-state index contributed by atoms with van der Waals surface area (Å²) in [5.41, 5.74) is 3.30. The highest BCUT2D eigenvalue weighted by Crippen LogP contribution is 2.64. The summed E-state index contributed by atoms with van der Waals surface area (Å²) in [4.78, 5) is 0. The van der Waals surface area contributed by atoms with Crippen molar-refractivity contribution in [1.29, 1.82) is 0 Å². The van der Waals surface area contributed by atoms with Crippen molar-refractivity contribution in [3.63, 3.8) is 0 Å². The minimum absolute atomic E-state index is 0.146. The summed E-state index contributed by atoms with van der Waals surface area (Å²) in [6.07, 6.45) is 15.9. The topological polar surface area (TPSA) is 20.2 Å². The van der Waals surface area contributed by atoms with Crippen LogP contribution in [-0.4, -0.2) is 10.7 Å². The summed E-state index contributed by atoms with van der Waals surface area (Å²) in [5.74, 6) is 0.434. The number of hydrogen-bond donors (Lipinski definition) is 1. The molecule has 0 spiro atoms. The smallest absolute Gasteiger partial charge is 0.0769 e. The van der Waals surface area contributed by atoms with E-state index in [0.29, 0.717) is 5.92 Å². The normalized spacial score (nSPS) is 50.6. The SMILES string of the molecule is C[C@]12CCCC=C1CC[C@@H]1C2=CC[C@]2(C)CCC[C@]12O. The first-order chi connectivity index (χ1) is 9.50. The monoisotopic (exact) mass is 272 g/mol. The maximum Gasteiger partial charge on any atom is 0.0769 e. The van der Waals surface area contributed by atoms with Gasteiger partial charge in [-0.1, -0.05) is 37.1 Å². The molecule has 0 aromatic carbocycles. The number of hydrogen-bond acceptors (Lipinski definition) is 1. The van der Waals surface area contributed by atoms with Crippen molar-refractivity contribution >= 4 is 0 Å². The lowest BCUT2D eigenvalue weighted by atomic mass is 9.50. The summed E-state index contributed by atoms with van der Waals surface area (Å²) >= 11 is 0. The first-order valence-corrected chi connectivity index (χ1v) is 8.62. The largest absolute Gasteiger partial charge is 0.389 e. The molecule has 2 saturated carbocycles. The summed E-state index contributed by atoms with van der Waals surface area (Å²) in [6, 6.07) is 0. The highest BCUT2D eigenvalue weighted by atomic mass is 16.3. The van der Waals surface area contributed by atoms with E-state index in [1.165, 1.54) is 44.9 Å². The van der Waals surface area contributed by atoms with Crippen molar-refractivity contribution in [2.45, 2.75) is 77.2 Å². The van der Waals surface area contributed by atoms with Crippen LogP contribution >= 0.6 is 0 Å². The molecular formula is C19H28O. The van der Waals surface area contributed by atoms with Crippen LogP contribution in [0.4, 0.5) is 0 Å². The minimum Gasteiger partial charge on any atom is -0.389 e. The van der Waals surface area contributed by atoms with Gasteiger partial charge in [0.25, 0.3) is 0 Å². The van der Waals surface area contributed by atoms with E-state index in [4.69, 9.17) is 0 Å². The lowest BCUT2D eigenvalue weighted by Gasteiger charge is -2.56. The second-order valence-electron chi connectivity index (χ2n) is 8.25. The number of aliphatic hydroxyl groups is 1. The number of fused-ring (bicyclic) bond motifs is 5. The van der Waals surface area contributed by atoms with E-state index < -0.39 is 5.60 Å². The standard InChI is InChI=1S/C19H28O/c1-17-10-5-12-19(17,20)16-8-7-14-6-3-4-11-18(14,2)15(16)9-13-17/h6,9,16,20H,3-5,7-8,10-13H2,1-2H3/t16-,17+,18+,19+/m1/s1. The van der Waals surface area contributed by atoms with Gasteiger partial charge in [-0.05, 0) is 57.8 Å². The molecule has 4 aliphatic rings. The zero-order valence-electron chi connectivity index (χ0n) is 13.0. The third-order valence-corrected chi connectivity index (χ3v) is 7.38. The maximum atomic E-state index is 11.5. The predicted molar refractivity (Wildman–Crippen MR) is 82.4 cm³/mol. The maximum absolute atomic E-state index is 11.5. The van der Waals surface area contributed by atoms with Gasteiger partial charge in [0.1, 0.15) is 0 Å². The Hall–Kier alpha value is -0.560. The fraction of sp³-hybridized carbons (Fsp3) is 0.789. The van der Waals surface area contributed by atoms with E-state index in [0.717, 1.165) is 12.8 Å². The van der Waals surface area contributed by atoms with Gasteiger partial charge in [-0.15, -0.1) is 0 Å². The molecule has 1 heteroatoms. The average Bonchev–Trinajstić information content (AvgIpc) is 2.74. The molecule has 4 rings (SSSR count). The van der Waals surface area contributed by atoms with Crippen molar-refractivity contribution in [3.8, 4) is 0 Å². The van der Waals surface area contributed by atoms with E-state index in [9.17, 15) is 5.11 Å². The lowest BCUT2D eigenvalue weighted by Crippen LogP contribution is -2.54. The van der Waals surface area contributed by atoms with Crippen molar-refractivity contribution in [2.75, 3.05) is 0 Å². The molecule has 4 aliphatic carbocycles. The fourth-order valence-electron chi connectivity index (χ4n) is 6.00. The van der Waals surface area contributed by atoms with E-state index in [-0.39, 0.29) is 10.8 Å².